The summed E-state index contributed by atoms with van der Waals surface area (Å²) in [5.41, 5.74) is 4.65. The SMILES string of the molecule is CCCc1ccc(S(=O)(=O)Nc2nccnc2-c2ccc(CN(C)c3ccccc3)cc2)cc1. The second kappa shape index (κ2) is 10.5. The van der Waals surface area contributed by atoms with Gasteiger partial charge < -0.3 is 4.90 Å². The first-order chi connectivity index (χ1) is 16.5. The van der Waals surface area contributed by atoms with E-state index in [4.69, 9.17) is 0 Å². The molecule has 0 saturated heterocycles. The summed E-state index contributed by atoms with van der Waals surface area (Å²) in [5.74, 6) is 0.203. The van der Waals surface area contributed by atoms with Crippen LogP contribution in [-0.4, -0.2) is 25.4 Å². The fourth-order valence-corrected chi connectivity index (χ4v) is 4.77. The van der Waals surface area contributed by atoms with E-state index in [1.807, 2.05) is 61.6 Å². The van der Waals surface area contributed by atoms with Crippen LogP contribution < -0.4 is 9.62 Å². The van der Waals surface area contributed by atoms with Crippen LogP contribution in [0.25, 0.3) is 11.3 Å². The third-order valence-corrected chi connectivity index (χ3v) is 6.90. The minimum atomic E-state index is -3.79. The summed E-state index contributed by atoms with van der Waals surface area (Å²) in [6.45, 7) is 2.84. The van der Waals surface area contributed by atoms with Gasteiger partial charge in [-0.15, -0.1) is 0 Å². The number of aryl methyl sites for hydroxylation is 1. The number of hydrogen-bond donors (Lipinski definition) is 1. The lowest BCUT2D eigenvalue weighted by Crippen LogP contribution is -2.16. The number of nitrogens with one attached hydrogen (secondary N) is 1. The highest BCUT2D eigenvalue weighted by Crippen LogP contribution is 2.27. The van der Waals surface area contributed by atoms with E-state index in [-0.39, 0.29) is 10.7 Å². The van der Waals surface area contributed by atoms with Crippen molar-refractivity contribution in [3.63, 3.8) is 0 Å². The smallest absolute Gasteiger partial charge is 0.263 e. The molecule has 0 atom stereocenters. The van der Waals surface area contributed by atoms with E-state index in [2.05, 4.69) is 38.6 Å². The molecule has 4 rings (SSSR count). The Bertz CT molecular complexity index is 1320. The van der Waals surface area contributed by atoms with E-state index in [9.17, 15) is 8.42 Å². The normalized spacial score (nSPS) is 11.2. The van der Waals surface area contributed by atoms with Crippen LogP contribution in [0.4, 0.5) is 11.5 Å². The number of aromatic nitrogens is 2. The van der Waals surface area contributed by atoms with E-state index in [0.29, 0.717) is 5.69 Å². The molecule has 1 N–H and O–H groups in total. The number of sulfonamides is 1. The maximum Gasteiger partial charge on any atom is 0.263 e. The van der Waals surface area contributed by atoms with Crippen molar-refractivity contribution in [2.75, 3.05) is 16.7 Å². The third kappa shape index (κ3) is 5.61. The monoisotopic (exact) mass is 472 g/mol. The van der Waals surface area contributed by atoms with Gasteiger partial charge in [-0.2, -0.15) is 0 Å². The molecule has 0 radical (unpaired) electrons. The molecule has 6 nitrogen and oxygen atoms in total. The molecule has 1 heterocycles. The van der Waals surface area contributed by atoms with Crippen LogP contribution in [0.15, 0.2) is 96.2 Å². The van der Waals surface area contributed by atoms with Gasteiger partial charge in [-0.3, -0.25) is 9.71 Å². The molecule has 34 heavy (non-hydrogen) atoms. The molecule has 0 spiro atoms. The van der Waals surface area contributed by atoms with Gasteiger partial charge in [-0.05, 0) is 41.8 Å². The molecule has 0 fully saturated rings. The van der Waals surface area contributed by atoms with E-state index in [1.54, 1.807) is 18.3 Å². The zero-order valence-corrected chi connectivity index (χ0v) is 20.2. The van der Waals surface area contributed by atoms with Gasteiger partial charge in [0, 0.05) is 37.2 Å². The quantitative estimate of drug-likeness (QED) is 0.346. The molecule has 4 aromatic rings. The van der Waals surface area contributed by atoms with Gasteiger partial charge in [0.05, 0.1) is 4.90 Å². The minimum Gasteiger partial charge on any atom is -0.370 e. The van der Waals surface area contributed by atoms with Crippen LogP contribution in [0.3, 0.4) is 0 Å². The number of benzene rings is 3. The van der Waals surface area contributed by atoms with Gasteiger partial charge in [-0.25, -0.2) is 13.4 Å². The van der Waals surface area contributed by atoms with E-state index >= 15 is 0 Å². The van der Waals surface area contributed by atoms with Crippen LogP contribution in [0.5, 0.6) is 0 Å². The fraction of sp³-hybridized carbons (Fsp3) is 0.185. The third-order valence-electron chi connectivity index (χ3n) is 5.55. The Kier molecular flexibility index (Phi) is 7.23. The van der Waals surface area contributed by atoms with Gasteiger partial charge in [0.15, 0.2) is 5.82 Å². The molecule has 0 unspecified atom stereocenters. The standard InChI is InChI=1S/C27H28N4O2S/c1-3-7-21-12-16-25(17-13-21)34(32,33)30-27-26(28-18-19-29-27)23-14-10-22(11-15-23)20-31(2)24-8-5-4-6-9-24/h4-6,8-19H,3,7,20H2,1-2H3,(H,29,30). The van der Waals surface area contributed by atoms with Gasteiger partial charge in [-0.1, -0.05) is 67.9 Å². The van der Waals surface area contributed by atoms with Gasteiger partial charge in [0.2, 0.25) is 0 Å². The number of anilines is 2. The van der Waals surface area contributed by atoms with E-state index in [1.165, 1.54) is 6.20 Å². The lowest BCUT2D eigenvalue weighted by Gasteiger charge is -2.19. The molecule has 3 aromatic carbocycles. The average molecular weight is 473 g/mol. The fourth-order valence-electron chi connectivity index (χ4n) is 3.75. The molecule has 174 valence electrons. The van der Waals surface area contributed by atoms with Crippen molar-refractivity contribution in [3.05, 3.63) is 102 Å². The molecular weight excluding hydrogens is 444 g/mol. The largest absolute Gasteiger partial charge is 0.370 e. The van der Waals surface area contributed by atoms with Gasteiger partial charge in [0.1, 0.15) is 5.69 Å². The Balaban J connectivity index is 1.53. The lowest BCUT2D eigenvalue weighted by molar-refractivity contribution is 0.601. The van der Waals surface area contributed by atoms with E-state index < -0.39 is 10.0 Å². The highest BCUT2D eigenvalue weighted by Gasteiger charge is 2.18. The summed E-state index contributed by atoms with van der Waals surface area (Å²) in [6, 6.07) is 25.1. The summed E-state index contributed by atoms with van der Waals surface area (Å²) in [4.78, 5) is 11.0. The first-order valence-electron chi connectivity index (χ1n) is 11.2. The number of para-hydroxylation sites is 1. The highest BCUT2D eigenvalue weighted by atomic mass is 32.2. The maximum atomic E-state index is 13.0. The average Bonchev–Trinajstić information content (AvgIpc) is 2.86. The summed E-state index contributed by atoms with van der Waals surface area (Å²) < 4.78 is 28.6. The van der Waals surface area contributed by atoms with E-state index in [0.717, 1.165) is 41.8 Å². The first kappa shape index (κ1) is 23.4. The predicted octanol–water partition coefficient (Wildman–Crippen LogP) is 5.53. The van der Waals surface area contributed by atoms with Crippen molar-refractivity contribution in [2.24, 2.45) is 0 Å². The summed E-state index contributed by atoms with van der Waals surface area (Å²) >= 11 is 0. The molecule has 0 aliphatic rings. The Labute approximate surface area is 201 Å². The Morgan fingerprint density at radius 2 is 1.47 bits per heavy atom. The van der Waals surface area contributed by atoms with Crippen molar-refractivity contribution in [1.82, 2.24) is 9.97 Å². The molecule has 0 amide bonds. The Morgan fingerprint density at radius 3 is 2.15 bits per heavy atom. The van der Waals surface area contributed by atoms with Crippen molar-refractivity contribution in [1.29, 1.82) is 0 Å². The highest BCUT2D eigenvalue weighted by molar-refractivity contribution is 7.92. The van der Waals surface area contributed by atoms with Crippen LogP contribution in [0, 0.1) is 0 Å². The summed E-state index contributed by atoms with van der Waals surface area (Å²) in [6.07, 6.45) is 4.96. The van der Waals surface area contributed by atoms with Crippen molar-refractivity contribution < 1.29 is 8.42 Å². The second-order valence-corrected chi connectivity index (χ2v) is 9.82. The van der Waals surface area contributed by atoms with Crippen LogP contribution in [0.2, 0.25) is 0 Å². The topological polar surface area (TPSA) is 75.2 Å². The zero-order valence-electron chi connectivity index (χ0n) is 19.3. The van der Waals surface area contributed by atoms with Crippen molar-refractivity contribution >= 4 is 21.5 Å². The first-order valence-corrected chi connectivity index (χ1v) is 12.7. The lowest BCUT2D eigenvalue weighted by atomic mass is 10.1. The predicted molar refractivity (Wildman–Crippen MR) is 137 cm³/mol. The van der Waals surface area contributed by atoms with Gasteiger partial charge in [0.25, 0.3) is 10.0 Å². The van der Waals surface area contributed by atoms with Crippen molar-refractivity contribution in [2.45, 2.75) is 31.2 Å². The van der Waals surface area contributed by atoms with Gasteiger partial charge >= 0.3 is 0 Å². The van der Waals surface area contributed by atoms with Crippen molar-refractivity contribution in [3.8, 4) is 11.3 Å². The molecule has 0 bridgehead atoms. The zero-order chi connectivity index (χ0) is 24.0. The number of nitrogens with zero attached hydrogens (tertiary/aromatic N) is 3. The van der Waals surface area contributed by atoms with Crippen LogP contribution >= 0.6 is 0 Å². The van der Waals surface area contributed by atoms with Crippen LogP contribution in [-0.2, 0) is 23.0 Å². The second-order valence-electron chi connectivity index (χ2n) is 8.14. The maximum absolute atomic E-state index is 13.0. The minimum absolute atomic E-state index is 0.197. The molecule has 7 heteroatoms. The number of rotatable bonds is 9. The molecule has 0 aliphatic carbocycles. The number of hydrogen-bond acceptors (Lipinski definition) is 5. The Hall–Kier alpha value is -3.71. The van der Waals surface area contributed by atoms with Crippen LogP contribution in [0.1, 0.15) is 24.5 Å². The molecule has 1 aromatic heterocycles. The summed E-state index contributed by atoms with van der Waals surface area (Å²) in [7, 11) is -1.74. The summed E-state index contributed by atoms with van der Waals surface area (Å²) in [5, 5.41) is 0. The molecule has 0 aliphatic heterocycles. The molecule has 0 saturated carbocycles. The molecular formula is C27H28N4O2S. The Morgan fingerprint density at radius 1 is 0.824 bits per heavy atom.